The van der Waals surface area contributed by atoms with E-state index in [1.807, 2.05) is 18.2 Å². The quantitative estimate of drug-likeness (QED) is 0.869. The number of fused-ring (bicyclic) bond motifs is 1. The highest BCUT2D eigenvalue weighted by molar-refractivity contribution is 5.50. The first-order chi connectivity index (χ1) is 8.20. The lowest BCUT2D eigenvalue weighted by Gasteiger charge is -2.08. The largest absolute Gasteiger partial charge is 0.306 e. The Morgan fingerprint density at radius 2 is 2.35 bits per heavy atom. The van der Waals surface area contributed by atoms with Crippen molar-refractivity contribution in [3.05, 3.63) is 35.7 Å². The van der Waals surface area contributed by atoms with Crippen molar-refractivity contribution in [1.29, 1.82) is 5.26 Å². The third kappa shape index (κ3) is 1.90. The van der Waals surface area contributed by atoms with Crippen LogP contribution < -0.4 is 5.32 Å². The normalized spacial score (nSPS) is 16.9. The molecule has 2 heterocycles. The maximum atomic E-state index is 8.99. The van der Waals surface area contributed by atoms with Gasteiger partial charge in [0.1, 0.15) is 11.8 Å². The summed E-state index contributed by atoms with van der Waals surface area (Å²) in [6.45, 7) is 2.99. The van der Waals surface area contributed by atoms with Crippen LogP contribution in [-0.2, 0) is 6.54 Å². The van der Waals surface area contributed by atoms with Gasteiger partial charge < -0.3 is 5.32 Å². The maximum Gasteiger partial charge on any atom is 0.142 e. The molecule has 0 amide bonds. The van der Waals surface area contributed by atoms with Crippen molar-refractivity contribution in [3.63, 3.8) is 0 Å². The number of rotatable bonds is 3. The first-order valence-corrected chi connectivity index (χ1v) is 5.83. The molecule has 1 saturated carbocycles. The van der Waals surface area contributed by atoms with E-state index in [1.54, 1.807) is 10.6 Å². The average molecular weight is 226 g/mol. The zero-order chi connectivity index (χ0) is 11.9. The van der Waals surface area contributed by atoms with E-state index in [1.165, 1.54) is 12.8 Å². The van der Waals surface area contributed by atoms with E-state index in [0.717, 1.165) is 17.8 Å². The molecule has 1 aliphatic rings. The molecule has 0 aromatic carbocycles. The molecule has 0 bridgehead atoms. The molecule has 3 rings (SSSR count). The molecular weight excluding hydrogens is 212 g/mol. The molecule has 1 fully saturated rings. The molecule has 1 N–H and O–H groups in total. The van der Waals surface area contributed by atoms with Gasteiger partial charge in [-0.15, -0.1) is 0 Å². The standard InChI is InChI=1S/C13H14N4/c1-13(5-6-13)15-9-10-7-11-3-2-4-12(8-14)17(11)16-10/h2-4,7,15H,5-6,9H2,1H3. The molecule has 0 radical (unpaired) electrons. The number of hydrogen-bond donors (Lipinski definition) is 1. The van der Waals surface area contributed by atoms with Crippen molar-refractivity contribution < 1.29 is 0 Å². The second-order valence-electron chi connectivity index (χ2n) is 4.91. The fraction of sp³-hybridized carbons (Fsp3) is 0.385. The van der Waals surface area contributed by atoms with Crippen LogP contribution in [0.4, 0.5) is 0 Å². The van der Waals surface area contributed by atoms with Crippen LogP contribution in [-0.4, -0.2) is 15.2 Å². The zero-order valence-corrected chi connectivity index (χ0v) is 9.77. The number of aromatic nitrogens is 2. The predicted octanol–water partition coefficient (Wildman–Crippen LogP) is 1.85. The number of nitrogens with one attached hydrogen (secondary N) is 1. The van der Waals surface area contributed by atoms with Gasteiger partial charge in [0, 0.05) is 12.1 Å². The van der Waals surface area contributed by atoms with Crippen LogP contribution in [0.1, 0.15) is 31.2 Å². The highest BCUT2D eigenvalue weighted by atomic mass is 15.2. The molecule has 1 aliphatic carbocycles. The Bertz CT molecular complexity index is 601. The smallest absolute Gasteiger partial charge is 0.142 e. The van der Waals surface area contributed by atoms with Crippen LogP contribution in [0.5, 0.6) is 0 Å². The molecule has 0 aliphatic heterocycles. The van der Waals surface area contributed by atoms with E-state index < -0.39 is 0 Å². The molecular formula is C13H14N4. The van der Waals surface area contributed by atoms with Gasteiger partial charge in [-0.1, -0.05) is 6.07 Å². The van der Waals surface area contributed by atoms with Gasteiger partial charge in [0.2, 0.25) is 0 Å². The van der Waals surface area contributed by atoms with E-state index in [0.29, 0.717) is 11.2 Å². The molecule has 17 heavy (non-hydrogen) atoms. The van der Waals surface area contributed by atoms with E-state index in [2.05, 4.69) is 23.4 Å². The Labute approximate surface area is 99.9 Å². The minimum Gasteiger partial charge on any atom is -0.306 e. The van der Waals surface area contributed by atoms with Crippen LogP contribution in [0.2, 0.25) is 0 Å². The highest BCUT2D eigenvalue weighted by Crippen LogP contribution is 2.34. The van der Waals surface area contributed by atoms with Crippen molar-refractivity contribution in [1.82, 2.24) is 14.9 Å². The summed E-state index contributed by atoms with van der Waals surface area (Å²) in [5.74, 6) is 0. The summed E-state index contributed by atoms with van der Waals surface area (Å²) in [4.78, 5) is 0. The van der Waals surface area contributed by atoms with Gasteiger partial charge in [-0.05, 0) is 38.0 Å². The van der Waals surface area contributed by atoms with Crippen LogP contribution in [0.3, 0.4) is 0 Å². The topological polar surface area (TPSA) is 53.1 Å². The van der Waals surface area contributed by atoms with Crippen molar-refractivity contribution in [2.45, 2.75) is 31.8 Å². The van der Waals surface area contributed by atoms with Crippen LogP contribution >= 0.6 is 0 Å². The molecule has 0 unspecified atom stereocenters. The number of pyridine rings is 1. The van der Waals surface area contributed by atoms with Gasteiger partial charge in [0.15, 0.2) is 0 Å². The molecule has 86 valence electrons. The second kappa shape index (κ2) is 3.57. The van der Waals surface area contributed by atoms with Crippen molar-refractivity contribution in [2.24, 2.45) is 0 Å². The lowest BCUT2D eigenvalue weighted by Crippen LogP contribution is -2.27. The number of nitrogens with zero attached hydrogens (tertiary/aromatic N) is 3. The summed E-state index contributed by atoms with van der Waals surface area (Å²) in [5.41, 5.74) is 2.85. The molecule has 0 saturated heterocycles. The SMILES string of the molecule is CC1(NCc2cc3cccc(C#N)n3n2)CC1. The third-order valence-corrected chi connectivity index (χ3v) is 3.35. The van der Waals surface area contributed by atoms with E-state index in [9.17, 15) is 0 Å². The maximum absolute atomic E-state index is 8.99. The Morgan fingerprint density at radius 1 is 1.53 bits per heavy atom. The Kier molecular flexibility index (Phi) is 2.17. The fourth-order valence-electron chi connectivity index (χ4n) is 1.91. The Hall–Kier alpha value is -1.86. The summed E-state index contributed by atoms with van der Waals surface area (Å²) in [7, 11) is 0. The van der Waals surface area contributed by atoms with E-state index >= 15 is 0 Å². The van der Waals surface area contributed by atoms with Crippen molar-refractivity contribution >= 4 is 5.52 Å². The van der Waals surface area contributed by atoms with Crippen LogP contribution in [0, 0.1) is 11.3 Å². The lowest BCUT2D eigenvalue weighted by molar-refractivity contribution is 0.530. The van der Waals surface area contributed by atoms with Gasteiger partial charge in [-0.3, -0.25) is 0 Å². The lowest BCUT2D eigenvalue weighted by atomic mass is 10.3. The summed E-state index contributed by atoms with van der Waals surface area (Å²) in [6, 6.07) is 9.80. The molecule has 0 atom stereocenters. The first kappa shape index (κ1) is 10.3. The van der Waals surface area contributed by atoms with Gasteiger partial charge in [0.05, 0.1) is 11.2 Å². The minimum atomic E-state index is 0.313. The predicted molar refractivity (Wildman–Crippen MR) is 64.4 cm³/mol. The Balaban J connectivity index is 1.88. The fourth-order valence-corrected chi connectivity index (χ4v) is 1.91. The van der Waals surface area contributed by atoms with Gasteiger partial charge in [-0.25, -0.2) is 4.52 Å². The summed E-state index contributed by atoms with van der Waals surface area (Å²) in [6.07, 6.45) is 2.48. The molecule has 2 aromatic heterocycles. The zero-order valence-electron chi connectivity index (χ0n) is 9.77. The summed E-state index contributed by atoms with van der Waals surface area (Å²) < 4.78 is 1.70. The summed E-state index contributed by atoms with van der Waals surface area (Å²) >= 11 is 0. The highest BCUT2D eigenvalue weighted by Gasteiger charge is 2.36. The third-order valence-electron chi connectivity index (χ3n) is 3.35. The Morgan fingerprint density at radius 3 is 3.06 bits per heavy atom. The van der Waals surface area contributed by atoms with E-state index in [4.69, 9.17) is 5.26 Å². The average Bonchev–Trinajstić information content (AvgIpc) is 2.92. The number of nitriles is 1. The van der Waals surface area contributed by atoms with Crippen LogP contribution in [0.25, 0.3) is 5.52 Å². The van der Waals surface area contributed by atoms with Gasteiger partial charge in [-0.2, -0.15) is 10.4 Å². The second-order valence-corrected chi connectivity index (χ2v) is 4.91. The monoisotopic (exact) mass is 226 g/mol. The van der Waals surface area contributed by atoms with E-state index in [-0.39, 0.29) is 0 Å². The van der Waals surface area contributed by atoms with Crippen molar-refractivity contribution in [2.75, 3.05) is 0 Å². The van der Waals surface area contributed by atoms with Crippen LogP contribution in [0.15, 0.2) is 24.3 Å². The molecule has 4 heteroatoms. The molecule has 0 spiro atoms. The summed E-state index contributed by atoms with van der Waals surface area (Å²) in [5, 5.41) is 16.9. The molecule has 2 aromatic rings. The van der Waals surface area contributed by atoms with Gasteiger partial charge in [0.25, 0.3) is 0 Å². The first-order valence-electron chi connectivity index (χ1n) is 5.83. The van der Waals surface area contributed by atoms with Crippen molar-refractivity contribution in [3.8, 4) is 6.07 Å². The number of hydrogen-bond acceptors (Lipinski definition) is 3. The van der Waals surface area contributed by atoms with Gasteiger partial charge >= 0.3 is 0 Å². The molecule has 4 nitrogen and oxygen atoms in total. The minimum absolute atomic E-state index is 0.313.